The van der Waals surface area contributed by atoms with E-state index < -0.39 is 0 Å². The van der Waals surface area contributed by atoms with E-state index in [2.05, 4.69) is 0 Å². The predicted octanol–water partition coefficient (Wildman–Crippen LogP) is 3.36. The van der Waals surface area contributed by atoms with Crippen molar-refractivity contribution in [1.82, 2.24) is 0 Å². The van der Waals surface area contributed by atoms with Crippen LogP contribution in [0, 0.1) is 0 Å². The van der Waals surface area contributed by atoms with E-state index in [4.69, 9.17) is 9.47 Å². The molecular weight excluding hydrogens is 228 g/mol. The van der Waals surface area contributed by atoms with E-state index in [0.717, 1.165) is 24.2 Å². The molecule has 0 amide bonds. The molecule has 1 fully saturated rings. The zero-order chi connectivity index (χ0) is 13.0. The van der Waals surface area contributed by atoms with Gasteiger partial charge in [-0.2, -0.15) is 0 Å². The van der Waals surface area contributed by atoms with E-state index >= 15 is 0 Å². The topological polar surface area (TPSA) is 35.5 Å². The van der Waals surface area contributed by atoms with Crippen LogP contribution in [0.25, 0.3) is 0 Å². The average molecular weight is 248 g/mol. The lowest BCUT2D eigenvalue weighted by molar-refractivity contribution is 0.0446. The molecule has 0 bridgehead atoms. The first-order valence-electron chi connectivity index (χ1n) is 6.50. The molecule has 0 unspecified atom stereocenters. The van der Waals surface area contributed by atoms with E-state index in [0.29, 0.717) is 18.3 Å². The maximum Gasteiger partial charge on any atom is 0.159 e. The highest BCUT2D eigenvalue weighted by molar-refractivity contribution is 5.94. The molecule has 1 aromatic rings. The lowest BCUT2D eigenvalue weighted by Crippen LogP contribution is -2.08. The normalized spacial score (nSPS) is 15.9. The summed E-state index contributed by atoms with van der Waals surface area (Å²) in [6, 6.07) is 5.50. The summed E-state index contributed by atoms with van der Waals surface area (Å²) in [7, 11) is 1.64. The Kier molecular flexibility index (Phi) is 4.37. The van der Waals surface area contributed by atoms with E-state index in [-0.39, 0.29) is 5.78 Å². The van der Waals surface area contributed by atoms with Gasteiger partial charge in [0.2, 0.25) is 0 Å². The van der Waals surface area contributed by atoms with Crippen molar-refractivity contribution in [3.8, 4) is 5.75 Å². The fourth-order valence-electron chi connectivity index (χ4n) is 2.37. The zero-order valence-corrected chi connectivity index (χ0v) is 11.1. The van der Waals surface area contributed by atoms with Crippen molar-refractivity contribution < 1.29 is 14.3 Å². The molecular formula is C15H20O3. The summed E-state index contributed by atoms with van der Waals surface area (Å²) in [6.07, 6.45) is 5.18. The smallest absolute Gasteiger partial charge is 0.159 e. The number of hydrogen-bond donors (Lipinski definition) is 0. The Bertz CT molecular complexity index is 420. The lowest BCUT2D eigenvalue weighted by atomic mass is 10.1. The molecule has 0 atom stereocenters. The van der Waals surface area contributed by atoms with Gasteiger partial charge in [-0.15, -0.1) is 0 Å². The van der Waals surface area contributed by atoms with E-state index in [1.807, 2.05) is 12.1 Å². The fraction of sp³-hybridized carbons (Fsp3) is 0.533. The van der Waals surface area contributed by atoms with E-state index in [9.17, 15) is 4.79 Å². The summed E-state index contributed by atoms with van der Waals surface area (Å²) >= 11 is 0. The lowest BCUT2D eigenvalue weighted by Gasteiger charge is -2.14. The number of ether oxygens (including phenoxy) is 2. The molecule has 1 aliphatic carbocycles. The van der Waals surface area contributed by atoms with Gasteiger partial charge in [0.15, 0.2) is 5.78 Å². The number of carbonyl (C=O) groups is 1. The van der Waals surface area contributed by atoms with E-state index in [1.54, 1.807) is 20.1 Å². The van der Waals surface area contributed by atoms with Crippen molar-refractivity contribution in [2.24, 2.45) is 0 Å². The second-order valence-corrected chi connectivity index (χ2v) is 4.80. The average Bonchev–Trinajstić information content (AvgIpc) is 2.89. The maximum absolute atomic E-state index is 11.4. The molecule has 2 rings (SSSR count). The third-order valence-corrected chi connectivity index (χ3v) is 3.46. The summed E-state index contributed by atoms with van der Waals surface area (Å²) in [5.74, 6) is 0.859. The second-order valence-electron chi connectivity index (χ2n) is 4.80. The van der Waals surface area contributed by atoms with Crippen LogP contribution >= 0.6 is 0 Å². The van der Waals surface area contributed by atoms with E-state index in [1.165, 1.54) is 12.8 Å². The van der Waals surface area contributed by atoms with Crippen molar-refractivity contribution in [2.45, 2.75) is 45.3 Å². The summed E-state index contributed by atoms with van der Waals surface area (Å²) in [5.41, 5.74) is 1.66. The van der Waals surface area contributed by atoms with Crippen LogP contribution in [0.4, 0.5) is 0 Å². The molecule has 0 spiro atoms. The van der Waals surface area contributed by atoms with Crippen molar-refractivity contribution in [2.75, 3.05) is 7.11 Å². The van der Waals surface area contributed by atoms with Gasteiger partial charge in [0, 0.05) is 11.1 Å². The minimum Gasteiger partial charge on any atom is -0.496 e. The first-order chi connectivity index (χ1) is 8.70. The highest BCUT2D eigenvalue weighted by Gasteiger charge is 2.16. The number of Topliss-reactive ketones (excluding diaryl/α,β-unsaturated/α-hetero) is 1. The number of methoxy groups -OCH3 is 1. The molecule has 0 heterocycles. The Balaban J connectivity index is 2.08. The molecule has 0 N–H and O–H groups in total. The van der Waals surface area contributed by atoms with Gasteiger partial charge < -0.3 is 9.47 Å². The van der Waals surface area contributed by atoms with Gasteiger partial charge in [-0.25, -0.2) is 0 Å². The van der Waals surface area contributed by atoms with Gasteiger partial charge in [0.05, 0.1) is 19.8 Å². The van der Waals surface area contributed by atoms with Gasteiger partial charge in [-0.05, 0) is 38.0 Å². The molecule has 0 saturated heterocycles. The summed E-state index contributed by atoms with van der Waals surface area (Å²) < 4.78 is 11.2. The number of hydrogen-bond acceptors (Lipinski definition) is 3. The number of carbonyl (C=O) groups excluding carboxylic acids is 1. The Hall–Kier alpha value is -1.35. The highest BCUT2D eigenvalue weighted by atomic mass is 16.5. The van der Waals surface area contributed by atoms with Crippen LogP contribution in [-0.4, -0.2) is 19.0 Å². The molecule has 1 aromatic carbocycles. The van der Waals surface area contributed by atoms with Gasteiger partial charge in [0.25, 0.3) is 0 Å². The molecule has 0 radical (unpaired) electrons. The minimum absolute atomic E-state index is 0.0692. The van der Waals surface area contributed by atoms with Gasteiger partial charge >= 0.3 is 0 Å². The Labute approximate surface area is 108 Å². The standard InChI is InChI=1S/C15H20O3/c1-11(16)12-7-8-15(17-2)13(9-12)10-18-14-5-3-4-6-14/h7-9,14H,3-6,10H2,1-2H3. The quantitative estimate of drug-likeness (QED) is 0.749. The number of ketones is 1. The van der Waals surface area contributed by atoms with Crippen LogP contribution in [0.5, 0.6) is 5.75 Å². The Morgan fingerprint density at radius 3 is 2.67 bits per heavy atom. The van der Waals surface area contributed by atoms with Crippen molar-refractivity contribution in [1.29, 1.82) is 0 Å². The number of rotatable bonds is 5. The molecule has 0 aromatic heterocycles. The van der Waals surface area contributed by atoms with Gasteiger partial charge in [-0.1, -0.05) is 12.8 Å². The summed E-state index contributed by atoms with van der Waals surface area (Å²) in [5, 5.41) is 0. The molecule has 3 heteroatoms. The second kappa shape index (κ2) is 6.01. The minimum atomic E-state index is 0.0692. The summed E-state index contributed by atoms with van der Waals surface area (Å²) in [6.45, 7) is 2.10. The van der Waals surface area contributed by atoms with Crippen LogP contribution in [0.1, 0.15) is 48.5 Å². The first-order valence-corrected chi connectivity index (χ1v) is 6.50. The maximum atomic E-state index is 11.4. The molecule has 1 aliphatic rings. The van der Waals surface area contributed by atoms with Crippen LogP contribution in [0.3, 0.4) is 0 Å². The fourth-order valence-corrected chi connectivity index (χ4v) is 2.37. The number of benzene rings is 1. The third kappa shape index (κ3) is 3.10. The first kappa shape index (κ1) is 13.1. The molecule has 3 nitrogen and oxygen atoms in total. The SMILES string of the molecule is COc1ccc(C(C)=O)cc1COC1CCCC1. The van der Waals surface area contributed by atoms with Crippen LogP contribution in [-0.2, 0) is 11.3 Å². The van der Waals surface area contributed by atoms with Crippen LogP contribution < -0.4 is 4.74 Å². The van der Waals surface area contributed by atoms with Crippen molar-refractivity contribution in [3.05, 3.63) is 29.3 Å². The zero-order valence-electron chi connectivity index (χ0n) is 11.1. The molecule has 18 heavy (non-hydrogen) atoms. The van der Waals surface area contributed by atoms with Gasteiger partial charge in [0.1, 0.15) is 5.75 Å². The highest BCUT2D eigenvalue weighted by Crippen LogP contribution is 2.25. The van der Waals surface area contributed by atoms with Crippen molar-refractivity contribution >= 4 is 5.78 Å². The van der Waals surface area contributed by atoms with Gasteiger partial charge in [-0.3, -0.25) is 4.79 Å². The monoisotopic (exact) mass is 248 g/mol. The van der Waals surface area contributed by atoms with Crippen LogP contribution in [0.15, 0.2) is 18.2 Å². The Morgan fingerprint density at radius 2 is 2.06 bits per heavy atom. The Morgan fingerprint density at radius 1 is 1.33 bits per heavy atom. The molecule has 0 aliphatic heterocycles. The van der Waals surface area contributed by atoms with Crippen LogP contribution in [0.2, 0.25) is 0 Å². The molecule has 98 valence electrons. The van der Waals surface area contributed by atoms with Crippen molar-refractivity contribution in [3.63, 3.8) is 0 Å². The molecule has 1 saturated carbocycles. The summed E-state index contributed by atoms with van der Waals surface area (Å²) in [4.78, 5) is 11.4. The third-order valence-electron chi connectivity index (χ3n) is 3.46. The largest absolute Gasteiger partial charge is 0.496 e. The predicted molar refractivity (Wildman–Crippen MR) is 70.0 cm³/mol.